The van der Waals surface area contributed by atoms with Crippen LogP contribution in [0.15, 0.2) is 41.4 Å². The Morgan fingerprint density at radius 3 is 2.54 bits per heavy atom. The predicted octanol–water partition coefficient (Wildman–Crippen LogP) is 3.90. The molecule has 1 aliphatic heterocycles. The van der Waals surface area contributed by atoms with Crippen LogP contribution in [0.3, 0.4) is 0 Å². The number of nitrogens with zero attached hydrogens (tertiary/aromatic N) is 2. The van der Waals surface area contributed by atoms with Gasteiger partial charge in [-0.2, -0.15) is 0 Å². The Morgan fingerprint density at radius 2 is 1.82 bits per heavy atom. The molecule has 8 heteroatoms. The van der Waals surface area contributed by atoms with Crippen LogP contribution in [0.5, 0.6) is 0 Å². The highest BCUT2D eigenvalue weighted by Crippen LogP contribution is 2.34. The minimum absolute atomic E-state index is 0.0231. The normalized spacial score (nSPS) is 14.6. The van der Waals surface area contributed by atoms with Crippen molar-refractivity contribution < 1.29 is 14.7 Å². The first-order chi connectivity index (χ1) is 13.4. The molecular formula is C20H16Cl3N2O3-. The third-order valence-corrected chi connectivity index (χ3v) is 5.31. The van der Waals surface area contributed by atoms with E-state index in [1.54, 1.807) is 35.2 Å². The van der Waals surface area contributed by atoms with Gasteiger partial charge < -0.3 is 14.8 Å². The molecule has 0 radical (unpaired) electrons. The molecule has 28 heavy (non-hydrogen) atoms. The number of anilines is 1. The van der Waals surface area contributed by atoms with E-state index in [0.29, 0.717) is 58.0 Å². The van der Waals surface area contributed by atoms with E-state index in [2.05, 4.69) is 4.99 Å². The Kier molecular flexibility index (Phi) is 6.60. The lowest BCUT2D eigenvalue weighted by Crippen LogP contribution is -2.29. The maximum atomic E-state index is 13.0. The number of aliphatic imine (C=N–C) groups is 1. The van der Waals surface area contributed by atoms with Crippen LogP contribution < -0.4 is 10.0 Å². The van der Waals surface area contributed by atoms with Gasteiger partial charge in [-0.05, 0) is 55.2 Å². The second kappa shape index (κ2) is 8.95. The van der Waals surface area contributed by atoms with Gasteiger partial charge in [0.2, 0.25) is 0 Å². The summed E-state index contributed by atoms with van der Waals surface area (Å²) in [5, 5.41) is 11.9. The van der Waals surface area contributed by atoms with E-state index in [1.807, 2.05) is 6.07 Å². The highest BCUT2D eigenvalue weighted by molar-refractivity contribution is 6.54. The van der Waals surface area contributed by atoms with Gasteiger partial charge in [-0.25, -0.2) is 0 Å². The molecule has 5 nitrogen and oxygen atoms in total. The van der Waals surface area contributed by atoms with Gasteiger partial charge >= 0.3 is 0 Å². The number of benzene rings is 2. The Labute approximate surface area is 177 Å². The first-order valence-electron chi connectivity index (χ1n) is 8.67. The molecule has 0 spiro atoms. The number of fused-ring (bicyclic) bond motifs is 1. The SMILES string of the molecule is O=C([O-])CCCCN=C1C(=O)N(Cc2ccc(Cl)c(Cl)c2)c2ccc(Cl)cc21. The monoisotopic (exact) mass is 437 g/mol. The van der Waals surface area contributed by atoms with Gasteiger partial charge in [-0.15, -0.1) is 0 Å². The van der Waals surface area contributed by atoms with Crippen molar-refractivity contribution in [3.63, 3.8) is 0 Å². The number of aliphatic carboxylic acids is 1. The first-order valence-corrected chi connectivity index (χ1v) is 9.80. The lowest BCUT2D eigenvalue weighted by molar-refractivity contribution is -0.305. The fraction of sp³-hybridized carbons (Fsp3) is 0.250. The van der Waals surface area contributed by atoms with E-state index in [0.717, 1.165) is 5.56 Å². The third kappa shape index (κ3) is 4.66. The Morgan fingerprint density at radius 1 is 1.04 bits per heavy atom. The number of halogens is 3. The highest BCUT2D eigenvalue weighted by atomic mass is 35.5. The lowest BCUT2D eigenvalue weighted by atomic mass is 10.1. The minimum Gasteiger partial charge on any atom is -0.550 e. The summed E-state index contributed by atoms with van der Waals surface area (Å²) >= 11 is 18.2. The van der Waals surface area contributed by atoms with Crippen LogP contribution in [0.4, 0.5) is 5.69 Å². The quantitative estimate of drug-likeness (QED) is 0.615. The molecule has 1 aliphatic rings. The van der Waals surface area contributed by atoms with E-state index in [4.69, 9.17) is 34.8 Å². The maximum absolute atomic E-state index is 13.0. The smallest absolute Gasteiger partial charge is 0.277 e. The summed E-state index contributed by atoms with van der Waals surface area (Å²) in [6, 6.07) is 10.4. The highest BCUT2D eigenvalue weighted by Gasteiger charge is 2.34. The van der Waals surface area contributed by atoms with Gasteiger partial charge in [-0.3, -0.25) is 9.79 Å². The summed E-state index contributed by atoms with van der Waals surface area (Å²) in [5.74, 6) is -1.32. The number of unbranched alkanes of at least 4 members (excludes halogenated alkanes) is 1. The van der Waals surface area contributed by atoms with E-state index < -0.39 is 5.97 Å². The summed E-state index contributed by atoms with van der Waals surface area (Å²) < 4.78 is 0. The first kappa shape index (κ1) is 20.6. The Hall–Kier alpha value is -2.08. The van der Waals surface area contributed by atoms with Crippen molar-refractivity contribution in [1.82, 2.24) is 0 Å². The molecular weight excluding hydrogens is 423 g/mol. The van der Waals surface area contributed by atoms with Gasteiger partial charge in [-0.1, -0.05) is 40.9 Å². The Balaban J connectivity index is 1.83. The molecule has 0 saturated carbocycles. The molecule has 146 valence electrons. The van der Waals surface area contributed by atoms with Crippen molar-refractivity contribution in [3.05, 3.63) is 62.6 Å². The number of carbonyl (C=O) groups excluding carboxylic acids is 2. The molecule has 0 bridgehead atoms. The van der Waals surface area contributed by atoms with Crippen molar-refractivity contribution in [1.29, 1.82) is 0 Å². The van der Waals surface area contributed by atoms with Gasteiger partial charge in [0.1, 0.15) is 5.71 Å². The van der Waals surface area contributed by atoms with Crippen molar-refractivity contribution in [2.24, 2.45) is 4.99 Å². The van der Waals surface area contributed by atoms with Crippen LogP contribution in [0, 0.1) is 0 Å². The van der Waals surface area contributed by atoms with Gasteiger partial charge in [0.15, 0.2) is 0 Å². The third-order valence-electron chi connectivity index (χ3n) is 4.34. The van der Waals surface area contributed by atoms with Crippen LogP contribution in [0.2, 0.25) is 15.1 Å². The van der Waals surface area contributed by atoms with E-state index in [-0.39, 0.29) is 12.3 Å². The molecule has 2 aromatic rings. The van der Waals surface area contributed by atoms with E-state index >= 15 is 0 Å². The zero-order chi connectivity index (χ0) is 20.3. The van der Waals surface area contributed by atoms with Gasteiger partial charge in [0, 0.05) is 23.1 Å². The van der Waals surface area contributed by atoms with Crippen LogP contribution in [-0.2, 0) is 16.1 Å². The molecule has 2 aromatic carbocycles. The molecule has 1 heterocycles. The molecule has 3 rings (SSSR count). The molecule has 0 atom stereocenters. The fourth-order valence-electron chi connectivity index (χ4n) is 2.99. The average molecular weight is 439 g/mol. The number of amides is 1. The van der Waals surface area contributed by atoms with E-state index in [9.17, 15) is 14.7 Å². The number of rotatable bonds is 7. The van der Waals surface area contributed by atoms with Crippen molar-refractivity contribution >= 4 is 58.1 Å². The maximum Gasteiger partial charge on any atom is 0.277 e. The second-order valence-electron chi connectivity index (χ2n) is 6.36. The predicted molar refractivity (Wildman–Crippen MR) is 109 cm³/mol. The zero-order valence-electron chi connectivity index (χ0n) is 14.8. The fourth-order valence-corrected chi connectivity index (χ4v) is 3.48. The van der Waals surface area contributed by atoms with E-state index in [1.165, 1.54) is 0 Å². The van der Waals surface area contributed by atoms with Crippen LogP contribution in [-0.4, -0.2) is 24.1 Å². The van der Waals surface area contributed by atoms with Gasteiger partial charge in [0.05, 0.1) is 22.3 Å². The number of hydrogen-bond donors (Lipinski definition) is 0. The summed E-state index contributed by atoms with van der Waals surface area (Å²) in [6.07, 6.45) is 0.973. The summed E-state index contributed by atoms with van der Waals surface area (Å²) in [5.41, 5.74) is 2.54. The second-order valence-corrected chi connectivity index (χ2v) is 7.61. The molecule has 0 aliphatic carbocycles. The van der Waals surface area contributed by atoms with Crippen molar-refractivity contribution in [3.8, 4) is 0 Å². The number of hydrogen-bond acceptors (Lipinski definition) is 4. The van der Waals surface area contributed by atoms with Crippen LogP contribution in [0.1, 0.15) is 30.4 Å². The summed E-state index contributed by atoms with van der Waals surface area (Å²) in [6.45, 7) is 0.662. The topological polar surface area (TPSA) is 72.8 Å². The number of carboxylic acid groups (broad SMARTS) is 1. The Bertz CT molecular complexity index is 960. The molecule has 0 aromatic heterocycles. The lowest BCUT2D eigenvalue weighted by Gasteiger charge is -2.17. The van der Waals surface area contributed by atoms with Crippen molar-refractivity contribution in [2.45, 2.75) is 25.8 Å². The molecule has 0 unspecified atom stereocenters. The minimum atomic E-state index is -1.09. The van der Waals surface area contributed by atoms with Gasteiger partial charge in [0.25, 0.3) is 5.91 Å². The summed E-state index contributed by atoms with van der Waals surface area (Å²) in [4.78, 5) is 29.5. The largest absolute Gasteiger partial charge is 0.550 e. The summed E-state index contributed by atoms with van der Waals surface area (Å²) in [7, 11) is 0. The number of carboxylic acids is 1. The van der Waals surface area contributed by atoms with Crippen molar-refractivity contribution in [2.75, 3.05) is 11.4 Å². The standard InChI is InChI=1S/C20H17Cl3N2O3/c21-13-5-7-17-14(10-13)19(24-8-2-1-3-18(26)27)20(28)25(17)11-12-4-6-15(22)16(23)9-12/h4-7,9-10H,1-3,8,11H2,(H,26,27)/p-1. The average Bonchev–Trinajstić information content (AvgIpc) is 2.89. The van der Waals surface area contributed by atoms with Crippen LogP contribution in [0.25, 0.3) is 0 Å². The molecule has 0 saturated heterocycles. The molecule has 0 fully saturated rings. The molecule has 1 amide bonds. The van der Waals surface area contributed by atoms with Crippen LogP contribution >= 0.6 is 34.8 Å². The number of carbonyl (C=O) groups is 2. The zero-order valence-corrected chi connectivity index (χ0v) is 17.0. The molecule has 0 N–H and O–H groups in total.